The average Bonchev–Trinajstić information content (AvgIpc) is 3.16. The van der Waals surface area contributed by atoms with E-state index in [9.17, 15) is 5.26 Å². The van der Waals surface area contributed by atoms with Crippen LogP contribution in [0.15, 0.2) is 65.1 Å². The van der Waals surface area contributed by atoms with Crippen molar-refractivity contribution in [2.24, 2.45) is 0 Å². The number of nitriles is 1. The number of rotatable bonds is 5. The molecule has 0 spiro atoms. The molecule has 0 fully saturated rings. The van der Waals surface area contributed by atoms with Crippen molar-refractivity contribution in [1.82, 2.24) is 4.98 Å². The minimum absolute atomic E-state index is 0.222. The first-order chi connectivity index (χ1) is 14.5. The summed E-state index contributed by atoms with van der Waals surface area (Å²) in [6, 6.07) is 20.8. The van der Waals surface area contributed by atoms with Gasteiger partial charge >= 0.3 is 0 Å². The lowest BCUT2D eigenvalue weighted by Gasteiger charge is -2.12. The van der Waals surface area contributed by atoms with E-state index in [1.165, 1.54) is 5.56 Å². The fraction of sp³-hybridized carbons (Fsp3) is 0.0833. The molecule has 0 radical (unpaired) electrons. The van der Waals surface area contributed by atoms with Gasteiger partial charge in [0.1, 0.15) is 29.5 Å². The quantitative estimate of drug-likeness (QED) is 0.314. The van der Waals surface area contributed by atoms with E-state index < -0.39 is 0 Å². The number of oxazole rings is 1. The Bertz CT molecular complexity index is 1250. The highest BCUT2D eigenvalue weighted by molar-refractivity contribution is 6.36. The van der Waals surface area contributed by atoms with E-state index >= 15 is 0 Å². The van der Waals surface area contributed by atoms with E-state index in [0.717, 1.165) is 5.56 Å². The van der Waals surface area contributed by atoms with Crippen LogP contribution in [0, 0.1) is 18.3 Å². The number of allylic oxidation sites excluding steroid dienone is 1. The molecule has 0 saturated heterocycles. The molecule has 0 N–H and O–H groups in total. The van der Waals surface area contributed by atoms with Crippen LogP contribution in [0.2, 0.25) is 10.0 Å². The van der Waals surface area contributed by atoms with Gasteiger partial charge in [-0.25, -0.2) is 4.98 Å². The maximum Gasteiger partial charge on any atom is 0.238 e. The first kappa shape index (κ1) is 20.0. The number of benzene rings is 3. The summed E-state index contributed by atoms with van der Waals surface area (Å²) >= 11 is 12.6. The lowest BCUT2D eigenvalue weighted by atomic mass is 10.1. The van der Waals surface area contributed by atoms with Gasteiger partial charge in [-0.3, -0.25) is 0 Å². The summed E-state index contributed by atoms with van der Waals surface area (Å²) in [5.74, 6) is 0.657. The third-order valence-corrected chi connectivity index (χ3v) is 4.98. The number of hydrogen-bond acceptors (Lipinski definition) is 4. The zero-order chi connectivity index (χ0) is 21.1. The first-order valence-corrected chi connectivity index (χ1v) is 9.94. The molecule has 0 amide bonds. The van der Waals surface area contributed by atoms with Crippen molar-refractivity contribution in [2.45, 2.75) is 13.5 Å². The van der Waals surface area contributed by atoms with Gasteiger partial charge in [0.2, 0.25) is 5.89 Å². The van der Waals surface area contributed by atoms with Gasteiger partial charge in [0.05, 0.1) is 5.02 Å². The molecule has 3 aromatic carbocycles. The predicted molar refractivity (Wildman–Crippen MR) is 119 cm³/mol. The molecule has 0 unspecified atom stereocenters. The van der Waals surface area contributed by atoms with Gasteiger partial charge in [-0.15, -0.1) is 0 Å². The molecule has 1 aromatic heterocycles. The van der Waals surface area contributed by atoms with Crippen LogP contribution in [0.4, 0.5) is 0 Å². The monoisotopic (exact) mass is 434 g/mol. The number of nitrogens with zero attached hydrogens (tertiary/aromatic N) is 2. The van der Waals surface area contributed by atoms with Crippen molar-refractivity contribution in [1.29, 1.82) is 5.26 Å². The van der Waals surface area contributed by atoms with Crippen LogP contribution in [0.1, 0.15) is 22.6 Å². The minimum Gasteiger partial charge on any atom is -0.487 e. The maximum absolute atomic E-state index is 9.70. The number of para-hydroxylation sites is 2. The van der Waals surface area contributed by atoms with E-state index in [1.54, 1.807) is 24.3 Å². The molecule has 0 aliphatic rings. The molecular formula is C24H16Cl2N2O2. The molecule has 0 aliphatic heterocycles. The lowest BCUT2D eigenvalue weighted by Crippen LogP contribution is -1.98. The van der Waals surface area contributed by atoms with Crippen LogP contribution in [-0.2, 0) is 6.61 Å². The number of ether oxygens (including phenoxy) is 1. The van der Waals surface area contributed by atoms with Crippen LogP contribution in [0.5, 0.6) is 5.75 Å². The van der Waals surface area contributed by atoms with Crippen LogP contribution in [0.25, 0.3) is 22.7 Å². The van der Waals surface area contributed by atoms with Crippen LogP contribution >= 0.6 is 23.2 Å². The van der Waals surface area contributed by atoms with E-state index in [-0.39, 0.29) is 11.5 Å². The molecule has 0 saturated carbocycles. The van der Waals surface area contributed by atoms with Crippen molar-refractivity contribution in [3.63, 3.8) is 0 Å². The first-order valence-electron chi connectivity index (χ1n) is 9.18. The molecule has 0 bridgehead atoms. The summed E-state index contributed by atoms with van der Waals surface area (Å²) in [7, 11) is 0. The average molecular weight is 435 g/mol. The topological polar surface area (TPSA) is 59.0 Å². The summed E-state index contributed by atoms with van der Waals surface area (Å²) in [5.41, 5.74) is 4.26. The largest absolute Gasteiger partial charge is 0.487 e. The Morgan fingerprint density at radius 2 is 1.90 bits per heavy atom. The van der Waals surface area contributed by atoms with Gasteiger partial charge in [-0.1, -0.05) is 65.2 Å². The van der Waals surface area contributed by atoms with E-state index in [0.29, 0.717) is 39.1 Å². The summed E-state index contributed by atoms with van der Waals surface area (Å²) in [6.45, 7) is 2.35. The Morgan fingerprint density at radius 3 is 2.63 bits per heavy atom. The van der Waals surface area contributed by atoms with Crippen molar-refractivity contribution < 1.29 is 9.15 Å². The third kappa shape index (κ3) is 4.33. The van der Waals surface area contributed by atoms with Crippen LogP contribution < -0.4 is 4.74 Å². The second-order valence-corrected chi connectivity index (χ2v) is 7.58. The molecule has 0 atom stereocenters. The highest BCUT2D eigenvalue weighted by Gasteiger charge is 2.15. The summed E-state index contributed by atoms with van der Waals surface area (Å²) in [4.78, 5) is 4.39. The predicted octanol–water partition coefficient (Wildman–Crippen LogP) is 7.09. The van der Waals surface area contributed by atoms with E-state index in [2.05, 4.69) is 11.1 Å². The summed E-state index contributed by atoms with van der Waals surface area (Å²) in [5, 5.41) is 10.5. The third-order valence-electron chi connectivity index (χ3n) is 4.49. The lowest BCUT2D eigenvalue weighted by molar-refractivity contribution is 0.306. The molecule has 0 aliphatic carbocycles. The van der Waals surface area contributed by atoms with Gasteiger partial charge in [0.15, 0.2) is 5.58 Å². The maximum atomic E-state index is 9.70. The molecule has 4 rings (SSSR count). The van der Waals surface area contributed by atoms with Crippen LogP contribution in [-0.4, -0.2) is 4.98 Å². The number of aryl methyl sites for hydroxylation is 1. The molecule has 1 heterocycles. The summed E-state index contributed by atoms with van der Waals surface area (Å²) < 4.78 is 11.7. The SMILES string of the molecule is Cc1ccc(COc2c(Cl)cc(Cl)cc2/C=C(\C#N)c2nc3ccccc3o2)cc1. The Morgan fingerprint density at radius 1 is 1.13 bits per heavy atom. The fourth-order valence-electron chi connectivity index (χ4n) is 2.96. The number of halogens is 2. The normalized spacial score (nSPS) is 11.5. The second-order valence-electron chi connectivity index (χ2n) is 6.74. The minimum atomic E-state index is 0.222. The highest BCUT2D eigenvalue weighted by atomic mass is 35.5. The van der Waals surface area contributed by atoms with E-state index in [4.69, 9.17) is 32.4 Å². The second kappa shape index (κ2) is 8.62. The Labute approximate surface area is 183 Å². The van der Waals surface area contributed by atoms with Gasteiger partial charge < -0.3 is 9.15 Å². The van der Waals surface area contributed by atoms with Gasteiger partial charge in [-0.2, -0.15) is 5.26 Å². The van der Waals surface area contributed by atoms with E-state index in [1.807, 2.05) is 49.4 Å². The Balaban J connectivity index is 1.71. The van der Waals surface area contributed by atoms with Crippen LogP contribution in [0.3, 0.4) is 0 Å². The van der Waals surface area contributed by atoms with Crippen molar-refractivity contribution >= 4 is 46.0 Å². The van der Waals surface area contributed by atoms with Gasteiger partial charge in [0.25, 0.3) is 0 Å². The number of aromatic nitrogens is 1. The Hall–Kier alpha value is -3.26. The number of hydrogen-bond donors (Lipinski definition) is 0. The molecule has 30 heavy (non-hydrogen) atoms. The summed E-state index contributed by atoms with van der Waals surface area (Å²) in [6.07, 6.45) is 1.62. The smallest absolute Gasteiger partial charge is 0.238 e. The molecule has 148 valence electrons. The number of fused-ring (bicyclic) bond motifs is 1. The fourth-order valence-corrected chi connectivity index (χ4v) is 3.53. The highest BCUT2D eigenvalue weighted by Crippen LogP contribution is 2.35. The molecule has 6 heteroatoms. The molecule has 4 nitrogen and oxygen atoms in total. The molecular weight excluding hydrogens is 419 g/mol. The molecule has 4 aromatic rings. The zero-order valence-electron chi connectivity index (χ0n) is 16.0. The van der Waals surface area contributed by atoms with Crippen molar-refractivity contribution in [3.05, 3.63) is 93.3 Å². The standard InChI is InChI=1S/C24H16Cl2N2O2/c1-15-6-8-16(9-7-15)14-29-23-17(11-19(25)12-20(23)26)10-18(13-27)24-28-21-4-2-3-5-22(21)30-24/h2-12H,14H2,1H3/b18-10+. The van der Waals surface area contributed by atoms with Gasteiger partial charge in [0, 0.05) is 10.6 Å². The zero-order valence-corrected chi connectivity index (χ0v) is 17.5. The van der Waals surface area contributed by atoms with Crippen molar-refractivity contribution in [3.8, 4) is 11.8 Å². The van der Waals surface area contributed by atoms with Gasteiger partial charge in [-0.05, 0) is 42.8 Å². The Kier molecular flexibility index (Phi) is 5.76. The van der Waals surface area contributed by atoms with Crippen molar-refractivity contribution in [2.75, 3.05) is 0 Å².